The van der Waals surface area contributed by atoms with Crippen molar-refractivity contribution < 1.29 is 0 Å². The van der Waals surface area contributed by atoms with Gasteiger partial charge >= 0.3 is 0 Å². The lowest BCUT2D eigenvalue weighted by Gasteiger charge is -2.21. The van der Waals surface area contributed by atoms with Crippen molar-refractivity contribution in [3.8, 4) is 22.3 Å². The molecule has 7 aromatic carbocycles. The molecule has 0 unspecified atom stereocenters. The summed E-state index contributed by atoms with van der Waals surface area (Å²) in [5.74, 6) is 0. The van der Waals surface area contributed by atoms with Gasteiger partial charge in [0.25, 0.3) is 0 Å². The number of hydrogen-bond acceptors (Lipinski definition) is 0. The maximum atomic E-state index is 2.39. The molecular formula is C38H30. The highest BCUT2D eigenvalue weighted by atomic mass is 14.2. The third kappa shape index (κ3) is 3.52. The van der Waals surface area contributed by atoms with Crippen molar-refractivity contribution in [2.75, 3.05) is 0 Å². The zero-order valence-corrected chi connectivity index (χ0v) is 22.1. The van der Waals surface area contributed by atoms with Crippen molar-refractivity contribution in [1.82, 2.24) is 0 Å². The number of benzene rings is 7. The highest BCUT2D eigenvalue weighted by Gasteiger charge is 2.19. The SMILES string of the molecule is CC(C)(C)c1ccc(-c2c3ccccc3c(-c3cc4ccccc4c4ccccc34)c3ccccc23)cc1. The van der Waals surface area contributed by atoms with Gasteiger partial charge in [0.1, 0.15) is 0 Å². The van der Waals surface area contributed by atoms with Gasteiger partial charge in [-0.25, -0.2) is 0 Å². The number of fused-ring (bicyclic) bond motifs is 5. The van der Waals surface area contributed by atoms with Gasteiger partial charge in [-0.1, -0.05) is 142 Å². The van der Waals surface area contributed by atoms with Gasteiger partial charge in [0.05, 0.1) is 0 Å². The molecule has 38 heavy (non-hydrogen) atoms. The van der Waals surface area contributed by atoms with E-state index in [1.165, 1.54) is 70.9 Å². The smallest absolute Gasteiger partial charge is 0.00199 e. The van der Waals surface area contributed by atoms with Gasteiger partial charge in [0, 0.05) is 0 Å². The van der Waals surface area contributed by atoms with E-state index in [4.69, 9.17) is 0 Å². The number of rotatable bonds is 2. The molecule has 0 N–H and O–H groups in total. The molecule has 0 heteroatoms. The minimum atomic E-state index is 0.129. The molecule has 0 aliphatic rings. The van der Waals surface area contributed by atoms with Crippen LogP contribution in [0.15, 0.2) is 127 Å². The second-order valence-electron chi connectivity index (χ2n) is 11.4. The van der Waals surface area contributed by atoms with Gasteiger partial charge in [-0.05, 0) is 82.4 Å². The summed E-state index contributed by atoms with van der Waals surface area (Å²) in [6.07, 6.45) is 0. The Bertz CT molecular complexity index is 1930. The summed E-state index contributed by atoms with van der Waals surface area (Å²) in [6.45, 7) is 6.82. The first-order chi connectivity index (χ1) is 18.5. The van der Waals surface area contributed by atoms with Crippen LogP contribution in [0.25, 0.3) is 65.3 Å². The predicted molar refractivity (Wildman–Crippen MR) is 166 cm³/mol. The van der Waals surface area contributed by atoms with Crippen molar-refractivity contribution in [3.05, 3.63) is 133 Å². The fraction of sp³-hybridized carbons (Fsp3) is 0.105. The van der Waals surface area contributed by atoms with Crippen LogP contribution in [-0.4, -0.2) is 0 Å². The molecular weight excluding hydrogens is 456 g/mol. The minimum absolute atomic E-state index is 0.129. The molecule has 0 atom stereocenters. The second kappa shape index (κ2) is 8.57. The third-order valence-electron chi connectivity index (χ3n) is 8.01. The van der Waals surface area contributed by atoms with E-state index in [1.807, 2.05) is 0 Å². The summed E-state index contributed by atoms with van der Waals surface area (Å²) >= 11 is 0. The molecule has 0 saturated heterocycles. The van der Waals surface area contributed by atoms with Gasteiger partial charge in [0.2, 0.25) is 0 Å². The monoisotopic (exact) mass is 486 g/mol. The van der Waals surface area contributed by atoms with Crippen LogP contribution in [0.2, 0.25) is 0 Å². The van der Waals surface area contributed by atoms with E-state index in [9.17, 15) is 0 Å². The molecule has 182 valence electrons. The molecule has 0 amide bonds. The minimum Gasteiger partial charge on any atom is -0.0616 e. The third-order valence-corrected chi connectivity index (χ3v) is 8.01. The normalized spacial score (nSPS) is 12.1. The van der Waals surface area contributed by atoms with E-state index in [1.54, 1.807) is 0 Å². The standard InChI is InChI=1S/C38H30/c1-38(2,3)27-22-20-25(21-23-27)36-31-16-8-10-18-33(31)37(34-19-11-9-17-32(34)36)35-24-26-12-4-5-13-28(26)29-14-6-7-15-30(29)35/h4-24H,1-3H3. The van der Waals surface area contributed by atoms with E-state index < -0.39 is 0 Å². The largest absolute Gasteiger partial charge is 0.0616 e. The quantitative estimate of drug-likeness (QED) is 0.168. The molecule has 0 radical (unpaired) electrons. The van der Waals surface area contributed by atoms with Gasteiger partial charge in [-0.15, -0.1) is 0 Å². The Hall–Kier alpha value is -4.42. The lowest BCUT2D eigenvalue weighted by molar-refractivity contribution is 0.590. The van der Waals surface area contributed by atoms with Crippen LogP contribution in [0.5, 0.6) is 0 Å². The summed E-state index contributed by atoms with van der Waals surface area (Å²) in [5, 5.41) is 10.3. The van der Waals surface area contributed by atoms with E-state index in [0.29, 0.717) is 0 Å². The van der Waals surface area contributed by atoms with E-state index in [-0.39, 0.29) is 5.41 Å². The Morgan fingerprint density at radius 3 is 1.39 bits per heavy atom. The Balaban J connectivity index is 1.62. The lowest BCUT2D eigenvalue weighted by Crippen LogP contribution is -2.10. The summed E-state index contributed by atoms with van der Waals surface area (Å²) < 4.78 is 0. The van der Waals surface area contributed by atoms with Crippen molar-refractivity contribution in [3.63, 3.8) is 0 Å². The zero-order chi connectivity index (χ0) is 25.9. The summed E-state index contributed by atoms with van der Waals surface area (Å²) in [7, 11) is 0. The molecule has 0 bridgehead atoms. The van der Waals surface area contributed by atoms with E-state index >= 15 is 0 Å². The van der Waals surface area contributed by atoms with Crippen molar-refractivity contribution in [2.45, 2.75) is 26.2 Å². The lowest BCUT2D eigenvalue weighted by atomic mass is 9.82. The molecule has 0 saturated carbocycles. The van der Waals surface area contributed by atoms with Crippen LogP contribution in [0.1, 0.15) is 26.3 Å². The van der Waals surface area contributed by atoms with Crippen molar-refractivity contribution in [2.24, 2.45) is 0 Å². The first kappa shape index (κ1) is 22.8. The first-order valence-corrected chi connectivity index (χ1v) is 13.5. The van der Waals surface area contributed by atoms with Crippen LogP contribution in [0.4, 0.5) is 0 Å². The molecule has 0 heterocycles. The maximum absolute atomic E-state index is 2.39. The van der Waals surface area contributed by atoms with Gasteiger partial charge in [0.15, 0.2) is 0 Å². The average molecular weight is 487 g/mol. The topological polar surface area (TPSA) is 0 Å². The van der Waals surface area contributed by atoms with Crippen LogP contribution >= 0.6 is 0 Å². The Kier molecular flexibility index (Phi) is 5.13. The Morgan fingerprint density at radius 1 is 0.395 bits per heavy atom. The highest BCUT2D eigenvalue weighted by Crippen LogP contribution is 2.46. The molecule has 0 spiro atoms. The van der Waals surface area contributed by atoms with Gasteiger partial charge in [-0.3, -0.25) is 0 Å². The van der Waals surface area contributed by atoms with Crippen molar-refractivity contribution in [1.29, 1.82) is 0 Å². The highest BCUT2D eigenvalue weighted by molar-refractivity contribution is 6.25. The molecule has 0 fully saturated rings. The fourth-order valence-corrected chi connectivity index (χ4v) is 6.13. The molecule has 7 aromatic rings. The zero-order valence-electron chi connectivity index (χ0n) is 22.1. The summed E-state index contributed by atoms with van der Waals surface area (Å²) in [6, 6.07) is 47.1. The molecule has 0 nitrogen and oxygen atoms in total. The summed E-state index contributed by atoms with van der Waals surface area (Å²) in [5.41, 5.74) is 6.67. The predicted octanol–water partition coefficient (Wildman–Crippen LogP) is 10.9. The van der Waals surface area contributed by atoms with Crippen LogP contribution in [0, 0.1) is 0 Å². The first-order valence-electron chi connectivity index (χ1n) is 13.5. The number of hydrogen-bond donors (Lipinski definition) is 0. The van der Waals surface area contributed by atoms with Crippen LogP contribution < -0.4 is 0 Å². The fourth-order valence-electron chi connectivity index (χ4n) is 6.13. The average Bonchev–Trinajstić information content (AvgIpc) is 2.95. The molecule has 0 aliphatic carbocycles. The maximum Gasteiger partial charge on any atom is -0.00199 e. The van der Waals surface area contributed by atoms with Gasteiger partial charge < -0.3 is 0 Å². The van der Waals surface area contributed by atoms with E-state index in [2.05, 4.69) is 148 Å². The van der Waals surface area contributed by atoms with Crippen molar-refractivity contribution >= 4 is 43.1 Å². The van der Waals surface area contributed by atoms with E-state index in [0.717, 1.165) is 0 Å². The van der Waals surface area contributed by atoms with Crippen LogP contribution in [0.3, 0.4) is 0 Å². The Morgan fingerprint density at radius 2 is 0.842 bits per heavy atom. The Labute approximate surface area is 224 Å². The molecule has 7 rings (SSSR count). The van der Waals surface area contributed by atoms with Crippen LogP contribution in [-0.2, 0) is 5.41 Å². The second-order valence-corrected chi connectivity index (χ2v) is 11.4. The van der Waals surface area contributed by atoms with Gasteiger partial charge in [-0.2, -0.15) is 0 Å². The molecule has 0 aliphatic heterocycles. The summed E-state index contributed by atoms with van der Waals surface area (Å²) in [4.78, 5) is 0. The molecule has 0 aromatic heterocycles.